The second-order valence-corrected chi connectivity index (χ2v) is 11.2. The molecule has 0 saturated carbocycles. The van der Waals surface area contributed by atoms with E-state index in [9.17, 15) is 29.1 Å². The Morgan fingerprint density at radius 1 is 1.00 bits per heavy atom. The number of carbonyl (C=O) groups is 5. The summed E-state index contributed by atoms with van der Waals surface area (Å²) in [4.78, 5) is 65.6. The van der Waals surface area contributed by atoms with Gasteiger partial charge in [-0.15, -0.1) is 0 Å². The number of phenolic OH excluding ortho intramolecular Hbond substituents is 1. The van der Waals surface area contributed by atoms with E-state index in [1.165, 1.54) is 24.0 Å². The maximum atomic E-state index is 14.0. The van der Waals surface area contributed by atoms with Crippen molar-refractivity contribution in [2.75, 3.05) is 6.54 Å². The molecule has 1 aliphatic heterocycles. The van der Waals surface area contributed by atoms with Crippen LogP contribution in [0.1, 0.15) is 51.7 Å². The third-order valence-electron chi connectivity index (χ3n) is 7.41. The van der Waals surface area contributed by atoms with Crippen molar-refractivity contribution in [2.45, 2.75) is 83.8 Å². The van der Waals surface area contributed by atoms with E-state index in [0.717, 1.165) is 5.56 Å². The molecule has 0 bridgehead atoms. The molecule has 3 rings (SSSR count). The number of hydrogen-bond donors (Lipinski definition) is 4. The first kappa shape index (κ1) is 33.3. The van der Waals surface area contributed by atoms with Crippen molar-refractivity contribution in [1.82, 2.24) is 20.9 Å². The summed E-state index contributed by atoms with van der Waals surface area (Å²) >= 11 is 0. The summed E-state index contributed by atoms with van der Waals surface area (Å²) < 4.78 is 6.09. The molecule has 0 radical (unpaired) electrons. The van der Waals surface area contributed by atoms with Crippen molar-refractivity contribution < 1.29 is 33.8 Å². The lowest BCUT2D eigenvalue weighted by atomic mass is 10.00. The average Bonchev–Trinajstić information content (AvgIpc) is 3.42. The maximum absolute atomic E-state index is 14.0. The number of nitrogens with zero attached hydrogens (tertiary/aromatic N) is 1. The van der Waals surface area contributed by atoms with Gasteiger partial charge in [0.15, 0.2) is 0 Å². The number of benzene rings is 2. The van der Waals surface area contributed by atoms with E-state index >= 15 is 0 Å². The van der Waals surface area contributed by atoms with Crippen molar-refractivity contribution in [1.29, 1.82) is 0 Å². The van der Waals surface area contributed by atoms with Crippen molar-refractivity contribution in [2.24, 2.45) is 5.92 Å². The van der Waals surface area contributed by atoms with Gasteiger partial charge in [-0.05, 0) is 35.6 Å². The Balaban J connectivity index is 1.80. The van der Waals surface area contributed by atoms with Crippen LogP contribution < -0.4 is 16.0 Å². The highest BCUT2D eigenvalue weighted by atomic mass is 16.5. The van der Waals surface area contributed by atoms with Crippen LogP contribution in [-0.4, -0.2) is 76.7 Å². The normalized spacial score (nSPS) is 18.4. The van der Waals surface area contributed by atoms with Gasteiger partial charge in [0.1, 0.15) is 30.2 Å². The SMILES string of the molecule is CC[C@@H](C=O)NC(=O)[C@@H]1CC(OCc2ccccc2)CN1C(=O)[C@@H](NC(=O)[C@H](Cc1ccc(O)cc1)NC(C)=O)C(C)C. The summed E-state index contributed by atoms with van der Waals surface area (Å²) in [5.74, 6) is -2.17. The minimum absolute atomic E-state index is 0.0726. The molecule has 1 aliphatic rings. The third-order valence-corrected chi connectivity index (χ3v) is 7.41. The van der Waals surface area contributed by atoms with Crippen LogP contribution >= 0.6 is 0 Å². The smallest absolute Gasteiger partial charge is 0.246 e. The molecule has 0 aromatic heterocycles. The average molecular weight is 595 g/mol. The van der Waals surface area contributed by atoms with E-state index in [-0.39, 0.29) is 31.1 Å². The Morgan fingerprint density at radius 3 is 2.26 bits per heavy atom. The molecule has 0 spiro atoms. The van der Waals surface area contributed by atoms with Gasteiger partial charge in [-0.25, -0.2) is 0 Å². The lowest BCUT2D eigenvalue weighted by molar-refractivity contribution is -0.143. The summed E-state index contributed by atoms with van der Waals surface area (Å²) in [5, 5.41) is 17.7. The maximum Gasteiger partial charge on any atom is 0.246 e. The minimum atomic E-state index is -1.00. The molecule has 11 heteroatoms. The molecule has 1 unspecified atom stereocenters. The highest BCUT2D eigenvalue weighted by Gasteiger charge is 2.43. The summed E-state index contributed by atoms with van der Waals surface area (Å²) in [6.45, 7) is 7.07. The second-order valence-electron chi connectivity index (χ2n) is 11.2. The molecular formula is C32H42N4O7. The molecular weight excluding hydrogens is 552 g/mol. The first-order valence-corrected chi connectivity index (χ1v) is 14.6. The predicted molar refractivity (Wildman–Crippen MR) is 160 cm³/mol. The quantitative estimate of drug-likeness (QED) is 0.244. The molecule has 0 aliphatic carbocycles. The summed E-state index contributed by atoms with van der Waals surface area (Å²) in [6.07, 6.45) is 0.990. The monoisotopic (exact) mass is 594 g/mol. The van der Waals surface area contributed by atoms with E-state index in [1.807, 2.05) is 30.3 Å². The minimum Gasteiger partial charge on any atom is -0.508 e. The van der Waals surface area contributed by atoms with Gasteiger partial charge in [-0.2, -0.15) is 0 Å². The van der Waals surface area contributed by atoms with Gasteiger partial charge in [-0.3, -0.25) is 19.2 Å². The van der Waals surface area contributed by atoms with Crippen LogP contribution in [0.15, 0.2) is 54.6 Å². The van der Waals surface area contributed by atoms with Gasteiger partial charge in [0.2, 0.25) is 23.6 Å². The summed E-state index contributed by atoms with van der Waals surface area (Å²) in [6, 6.07) is 12.2. The van der Waals surface area contributed by atoms with Crippen LogP contribution in [-0.2, 0) is 41.7 Å². The van der Waals surface area contributed by atoms with Crippen LogP contribution in [0.3, 0.4) is 0 Å². The molecule has 5 atom stereocenters. The number of carbonyl (C=O) groups excluding carboxylic acids is 5. The Labute approximate surface area is 252 Å². The molecule has 11 nitrogen and oxygen atoms in total. The molecule has 43 heavy (non-hydrogen) atoms. The third kappa shape index (κ3) is 9.64. The topological polar surface area (TPSA) is 154 Å². The standard InChI is InChI=1S/C32H42N4O7/c1-5-24(18-37)34-31(41)28-16-26(43-19-23-9-7-6-8-10-23)17-36(28)32(42)29(20(2)3)35-30(40)27(33-21(4)38)15-22-11-13-25(39)14-12-22/h6-14,18,20,24,26-29,39H,5,15-17,19H2,1-4H3,(H,33,38)(H,34,41)(H,35,40)/t24-,26?,27-,28-,29-/m0/s1. The molecule has 4 N–H and O–H groups in total. The second kappa shape index (κ2) is 15.8. The van der Waals surface area contributed by atoms with Crippen molar-refractivity contribution in [3.63, 3.8) is 0 Å². The molecule has 1 fully saturated rings. The van der Waals surface area contributed by atoms with Gasteiger partial charge in [0.25, 0.3) is 0 Å². The van der Waals surface area contributed by atoms with Crippen LogP contribution in [0.2, 0.25) is 0 Å². The highest BCUT2D eigenvalue weighted by Crippen LogP contribution is 2.24. The van der Waals surface area contributed by atoms with E-state index in [4.69, 9.17) is 4.74 Å². The van der Waals surface area contributed by atoms with E-state index in [2.05, 4.69) is 16.0 Å². The number of hydrogen-bond acceptors (Lipinski definition) is 7. The van der Waals surface area contributed by atoms with Gasteiger partial charge < -0.3 is 35.5 Å². The number of rotatable bonds is 14. The van der Waals surface area contributed by atoms with Crippen LogP contribution in [0.25, 0.3) is 0 Å². The number of nitrogens with one attached hydrogen (secondary N) is 3. The van der Waals surface area contributed by atoms with Crippen LogP contribution in [0, 0.1) is 5.92 Å². The molecule has 1 saturated heterocycles. The number of amides is 4. The lowest BCUT2D eigenvalue weighted by Crippen LogP contribution is -2.58. The van der Waals surface area contributed by atoms with Crippen LogP contribution in [0.5, 0.6) is 5.75 Å². The number of aromatic hydroxyl groups is 1. The van der Waals surface area contributed by atoms with E-state index < -0.39 is 53.9 Å². The zero-order chi connectivity index (χ0) is 31.5. The Kier molecular flexibility index (Phi) is 12.2. The molecule has 1 heterocycles. The first-order valence-electron chi connectivity index (χ1n) is 14.6. The molecule has 2 aromatic rings. The Bertz CT molecular complexity index is 1250. The Hall–Kier alpha value is -4.25. The van der Waals surface area contributed by atoms with Gasteiger partial charge in [-0.1, -0.05) is 63.2 Å². The van der Waals surface area contributed by atoms with Crippen LogP contribution in [0.4, 0.5) is 0 Å². The summed E-state index contributed by atoms with van der Waals surface area (Å²) in [7, 11) is 0. The fourth-order valence-electron chi connectivity index (χ4n) is 4.98. The summed E-state index contributed by atoms with van der Waals surface area (Å²) in [5.41, 5.74) is 1.65. The lowest BCUT2D eigenvalue weighted by Gasteiger charge is -2.31. The largest absolute Gasteiger partial charge is 0.508 e. The first-order chi connectivity index (χ1) is 20.5. The Morgan fingerprint density at radius 2 is 1.67 bits per heavy atom. The number of aldehydes is 1. The van der Waals surface area contributed by atoms with Gasteiger partial charge in [0.05, 0.1) is 18.8 Å². The van der Waals surface area contributed by atoms with Gasteiger partial charge >= 0.3 is 0 Å². The number of likely N-dealkylation sites (tertiary alicyclic amines) is 1. The number of ether oxygens (including phenoxy) is 1. The molecule has 2 aromatic carbocycles. The fraction of sp³-hybridized carbons (Fsp3) is 0.469. The van der Waals surface area contributed by atoms with Crippen molar-refractivity contribution in [3.8, 4) is 5.75 Å². The van der Waals surface area contributed by atoms with Crippen molar-refractivity contribution in [3.05, 3.63) is 65.7 Å². The molecule has 4 amide bonds. The zero-order valence-electron chi connectivity index (χ0n) is 25.1. The van der Waals surface area contributed by atoms with Crippen molar-refractivity contribution >= 4 is 29.9 Å². The number of phenols is 1. The van der Waals surface area contributed by atoms with E-state index in [1.54, 1.807) is 32.9 Å². The highest BCUT2D eigenvalue weighted by molar-refractivity contribution is 5.95. The molecule has 232 valence electrons. The zero-order valence-corrected chi connectivity index (χ0v) is 25.1. The predicted octanol–water partition coefficient (Wildman–Crippen LogP) is 1.86. The fourth-order valence-corrected chi connectivity index (χ4v) is 4.98. The van der Waals surface area contributed by atoms with E-state index in [0.29, 0.717) is 24.9 Å². The van der Waals surface area contributed by atoms with Gasteiger partial charge in [0, 0.05) is 26.3 Å².